The molecular formula is C20H19NO5S. The highest BCUT2D eigenvalue weighted by Gasteiger charge is 2.31. The Balaban J connectivity index is 1.54. The van der Waals surface area contributed by atoms with Gasteiger partial charge in [-0.05, 0) is 35.7 Å². The first kappa shape index (κ1) is 17.7. The van der Waals surface area contributed by atoms with Crippen molar-refractivity contribution in [2.24, 2.45) is 0 Å². The topological polar surface area (TPSA) is 89.5 Å². The molecule has 2 atom stereocenters. The van der Waals surface area contributed by atoms with Crippen LogP contribution in [0.1, 0.15) is 44.4 Å². The molecule has 2 aromatic carbocycles. The lowest BCUT2D eigenvalue weighted by Gasteiger charge is -2.25. The molecule has 1 amide bonds. The molecule has 2 unspecified atom stereocenters. The molecule has 0 aliphatic carbocycles. The van der Waals surface area contributed by atoms with E-state index in [9.17, 15) is 18.0 Å². The number of fused-ring (bicyclic) bond motifs is 1. The largest absolute Gasteiger partial charge is 0.454 e. The number of carbonyl (C=O) groups excluding carboxylic acids is 2. The van der Waals surface area contributed by atoms with Gasteiger partial charge in [0.05, 0.1) is 17.1 Å². The Morgan fingerprint density at radius 2 is 1.89 bits per heavy atom. The quantitative estimate of drug-likeness (QED) is 0.817. The van der Waals surface area contributed by atoms with Crippen molar-refractivity contribution in [1.29, 1.82) is 0 Å². The fourth-order valence-corrected chi connectivity index (χ4v) is 5.24. The van der Waals surface area contributed by atoms with Gasteiger partial charge in [-0.25, -0.2) is 13.2 Å². The zero-order valence-corrected chi connectivity index (χ0v) is 15.4. The number of nitrogens with one attached hydrogen (secondary N) is 1. The SMILES string of the molecule is O=C(NC1CCS(=O)(=O)C1)c1ccc2c(c1)CC(c1ccccc1)OC2=O. The van der Waals surface area contributed by atoms with Gasteiger partial charge >= 0.3 is 5.97 Å². The van der Waals surface area contributed by atoms with Crippen LogP contribution >= 0.6 is 0 Å². The predicted octanol–water partition coefficient (Wildman–Crippen LogP) is 2.06. The Hall–Kier alpha value is -2.67. The number of ether oxygens (including phenoxy) is 1. The van der Waals surface area contributed by atoms with E-state index in [4.69, 9.17) is 4.74 Å². The number of hydrogen-bond acceptors (Lipinski definition) is 5. The van der Waals surface area contributed by atoms with Crippen molar-refractivity contribution < 1.29 is 22.7 Å². The number of cyclic esters (lactones) is 1. The smallest absolute Gasteiger partial charge is 0.339 e. The molecule has 4 rings (SSSR count). The molecular weight excluding hydrogens is 366 g/mol. The summed E-state index contributed by atoms with van der Waals surface area (Å²) in [4.78, 5) is 24.8. The molecule has 2 aliphatic heterocycles. The first-order chi connectivity index (χ1) is 12.9. The Kier molecular flexibility index (Phi) is 4.47. The van der Waals surface area contributed by atoms with Crippen LogP contribution in [0.3, 0.4) is 0 Å². The second-order valence-electron chi connectivity index (χ2n) is 6.95. The van der Waals surface area contributed by atoms with Crippen molar-refractivity contribution in [2.75, 3.05) is 11.5 Å². The molecule has 0 radical (unpaired) electrons. The third-order valence-corrected chi connectivity index (χ3v) is 6.75. The molecule has 0 aromatic heterocycles. The Labute approximate surface area is 157 Å². The molecule has 27 heavy (non-hydrogen) atoms. The highest BCUT2D eigenvalue weighted by Crippen LogP contribution is 2.31. The lowest BCUT2D eigenvalue weighted by molar-refractivity contribution is 0.0252. The maximum atomic E-state index is 12.5. The molecule has 1 saturated heterocycles. The van der Waals surface area contributed by atoms with E-state index in [0.29, 0.717) is 24.0 Å². The lowest BCUT2D eigenvalue weighted by Crippen LogP contribution is -2.35. The van der Waals surface area contributed by atoms with E-state index in [-0.39, 0.29) is 29.6 Å². The van der Waals surface area contributed by atoms with Crippen LogP contribution in [0.5, 0.6) is 0 Å². The zero-order chi connectivity index (χ0) is 19.0. The van der Waals surface area contributed by atoms with Gasteiger partial charge in [0.25, 0.3) is 5.91 Å². The van der Waals surface area contributed by atoms with Gasteiger partial charge in [-0.2, -0.15) is 0 Å². The molecule has 6 nitrogen and oxygen atoms in total. The summed E-state index contributed by atoms with van der Waals surface area (Å²) in [7, 11) is -3.06. The molecule has 1 fully saturated rings. The summed E-state index contributed by atoms with van der Waals surface area (Å²) in [5.41, 5.74) is 2.54. The van der Waals surface area contributed by atoms with Crippen molar-refractivity contribution in [3.05, 3.63) is 70.8 Å². The molecule has 0 bridgehead atoms. The number of esters is 1. The minimum atomic E-state index is -3.06. The Bertz CT molecular complexity index is 1000. The number of rotatable bonds is 3. The van der Waals surface area contributed by atoms with E-state index >= 15 is 0 Å². The second kappa shape index (κ2) is 6.81. The van der Waals surface area contributed by atoms with E-state index in [1.54, 1.807) is 18.2 Å². The minimum absolute atomic E-state index is 0.0217. The Morgan fingerprint density at radius 3 is 2.59 bits per heavy atom. The number of amides is 1. The molecule has 0 saturated carbocycles. The maximum absolute atomic E-state index is 12.5. The summed E-state index contributed by atoms with van der Waals surface area (Å²) < 4.78 is 28.6. The van der Waals surface area contributed by atoms with Gasteiger partial charge in [-0.15, -0.1) is 0 Å². The average molecular weight is 385 g/mol. The maximum Gasteiger partial charge on any atom is 0.339 e. The van der Waals surface area contributed by atoms with Gasteiger partial charge in [-0.3, -0.25) is 4.79 Å². The molecule has 2 aliphatic rings. The number of sulfone groups is 1. The van der Waals surface area contributed by atoms with Crippen molar-refractivity contribution in [2.45, 2.75) is 25.0 Å². The minimum Gasteiger partial charge on any atom is -0.454 e. The zero-order valence-electron chi connectivity index (χ0n) is 14.6. The molecule has 7 heteroatoms. The highest BCUT2D eigenvalue weighted by molar-refractivity contribution is 7.91. The van der Waals surface area contributed by atoms with E-state index in [2.05, 4.69) is 5.32 Å². The van der Waals surface area contributed by atoms with Gasteiger partial charge in [0.15, 0.2) is 9.84 Å². The molecule has 2 aromatic rings. The van der Waals surface area contributed by atoms with Gasteiger partial charge in [0, 0.05) is 18.0 Å². The normalized spacial score (nSPS) is 23.3. The van der Waals surface area contributed by atoms with Crippen LogP contribution in [-0.4, -0.2) is 37.8 Å². The second-order valence-corrected chi connectivity index (χ2v) is 9.18. The van der Waals surface area contributed by atoms with Crippen LogP contribution in [0, 0.1) is 0 Å². The van der Waals surface area contributed by atoms with Gasteiger partial charge in [0.2, 0.25) is 0 Å². The first-order valence-electron chi connectivity index (χ1n) is 8.81. The number of benzene rings is 2. The summed E-state index contributed by atoms with van der Waals surface area (Å²) in [6.07, 6.45) is 0.537. The molecule has 140 valence electrons. The van der Waals surface area contributed by atoms with Crippen LogP contribution in [-0.2, 0) is 21.0 Å². The van der Waals surface area contributed by atoms with Gasteiger partial charge in [-0.1, -0.05) is 30.3 Å². The van der Waals surface area contributed by atoms with E-state index in [1.807, 2.05) is 30.3 Å². The summed E-state index contributed by atoms with van der Waals surface area (Å²) >= 11 is 0. The number of carbonyl (C=O) groups is 2. The Morgan fingerprint density at radius 1 is 1.11 bits per heavy atom. The van der Waals surface area contributed by atoms with Crippen molar-refractivity contribution in [1.82, 2.24) is 5.32 Å². The first-order valence-corrected chi connectivity index (χ1v) is 10.6. The molecule has 1 N–H and O–H groups in total. The highest BCUT2D eigenvalue weighted by atomic mass is 32.2. The summed E-state index contributed by atoms with van der Waals surface area (Å²) in [6.45, 7) is 0. The monoisotopic (exact) mass is 385 g/mol. The average Bonchev–Trinajstić information content (AvgIpc) is 3.00. The summed E-state index contributed by atoms with van der Waals surface area (Å²) in [5.74, 6) is -0.646. The van der Waals surface area contributed by atoms with Gasteiger partial charge in [0.1, 0.15) is 6.10 Å². The summed E-state index contributed by atoms with van der Waals surface area (Å²) in [6, 6.07) is 14.0. The molecule has 2 heterocycles. The van der Waals surface area contributed by atoms with Crippen LogP contribution in [0.25, 0.3) is 0 Å². The lowest BCUT2D eigenvalue weighted by atomic mass is 9.93. The third kappa shape index (κ3) is 3.73. The van der Waals surface area contributed by atoms with Gasteiger partial charge < -0.3 is 10.1 Å². The van der Waals surface area contributed by atoms with Crippen LogP contribution in [0.2, 0.25) is 0 Å². The van der Waals surface area contributed by atoms with Crippen LogP contribution in [0.4, 0.5) is 0 Å². The third-order valence-electron chi connectivity index (χ3n) is 4.98. The van der Waals surface area contributed by atoms with Crippen LogP contribution in [0.15, 0.2) is 48.5 Å². The van der Waals surface area contributed by atoms with Crippen LogP contribution < -0.4 is 5.32 Å². The van der Waals surface area contributed by atoms with Crippen molar-refractivity contribution in [3.63, 3.8) is 0 Å². The van der Waals surface area contributed by atoms with Crippen molar-refractivity contribution >= 4 is 21.7 Å². The fraction of sp³-hybridized carbons (Fsp3) is 0.300. The standard InChI is InChI=1S/C20H19NO5S/c22-19(21-16-8-9-27(24,25)12-16)14-6-7-17-15(10-14)11-18(26-20(17)23)13-4-2-1-3-5-13/h1-7,10,16,18H,8-9,11-12H2,(H,21,22). The predicted molar refractivity (Wildman–Crippen MR) is 99.3 cm³/mol. The van der Waals surface area contributed by atoms with Crippen molar-refractivity contribution in [3.8, 4) is 0 Å². The van der Waals surface area contributed by atoms with E-state index in [1.165, 1.54) is 0 Å². The molecule has 0 spiro atoms. The fourth-order valence-electron chi connectivity index (χ4n) is 3.57. The van der Waals surface area contributed by atoms with E-state index in [0.717, 1.165) is 11.1 Å². The summed E-state index contributed by atoms with van der Waals surface area (Å²) in [5, 5.41) is 2.78. The van der Waals surface area contributed by atoms with E-state index < -0.39 is 15.8 Å². The number of hydrogen-bond donors (Lipinski definition) is 1.